The standard InChI is InChI=1S/C39H48N4O4/c1-38-31(37(46)42-10-3-2-4-11-42)17-28(19-34(44)40-23-39-20-24-14-25(21-39)16-26(15-24)22-39)36(45)43(38)12-9-30-29-8-7-27(33-6-5-13-47-33)18-32(29)41-35(30)38/h5-8,13,18,24-26,28,31,41H,2-4,9-12,14-17,19-23H2,1H3,(H,40,44)/t24?,25?,26?,28-,31-,38+,39?/m1/s1. The van der Waals surface area contributed by atoms with Crippen molar-refractivity contribution in [3.63, 3.8) is 0 Å². The molecule has 5 heterocycles. The highest BCUT2D eigenvalue weighted by molar-refractivity contribution is 5.93. The van der Waals surface area contributed by atoms with Gasteiger partial charge in [0.05, 0.1) is 17.7 Å². The molecule has 7 aliphatic rings. The van der Waals surface area contributed by atoms with Crippen LogP contribution in [0, 0.1) is 35.0 Å². The number of aromatic amines is 1. The molecule has 4 bridgehead atoms. The van der Waals surface area contributed by atoms with Gasteiger partial charge in [0, 0.05) is 60.7 Å². The van der Waals surface area contributed by atoms with Crippen molar-refractivity contribution in [2.24, 2.45) is 35.0 Å². The Balaban J connectivity index is 1.01. The average Bonchev–Trinajstić information content (AvgIpc) is 3.74. The fourth-order valence-corrected chi connectivity index (χ4v) is 11.6. The number of H-pyrrole nitrogens is 1. The molecule has 0 unspecified atom stereocenters. The van der Waals surface area contributed by atoms with Crippen molar-refractivity contribution in [3.8, 4) is 11.3 Å². The number of hydrogen-bond donors (Lipinski definition) is 2. The molecular formula is C39H48N4O4. The molecule has 248 valence electrons. The van der Waals surface area contributed by atoms with Gasteiger partial charge in [-0.2, -0.15) is 0 Å². The van der Waals surface area contributed by atoms with E-state index in [0.717, 1.165) is 84.6 Å². The van der Waals surface area contributed by atoms with E-state index in [2.05, 4.69) is 35.4 Å². The largest absolute Gasteiger partial charge is 0.464 e. The first kappa shape index (κ1) is 29.6. The maximum atomic E-state index is 14.5. The Morgan fingerprint density at radius 3 is 2.43 bits per heavy atom. The minimum atomic E-state index is -0.810. The quantitative estimate of drug-likeness (QED) is 0.327. The summed E-state index contributed by atoms with van der Waals surface area (Å²) in [7, 11) is 0. The normalized spacial score (nSPS) is 34.4. The third kappa shape index (κ3) is 4.79. The van der Waals surface area contributed by atoms with Gasteiger partial charge < -0.3 is 24.5 Å². The van der Waals surface area contributed by atoms with Gasteiger partial charge >= 0.3 is 0 Å². The van der Waals surface area contributed by atoms with E-state index in [9.17, 15) is 14.4 Å². The number of nitrogens with zero attached hydrogens (tertiary/aromatic N) is 2. The van der Waals surface area contributed by atoms with Crippen LogP contribution in [-0.4, -0.2) is 58.7 Å². The summed E-state index contributed by atoms with van der Waals surface area (Å²) >= 11 is 0. The van der Waals surface area contributed by atoms with Gasteiger partial charge in [-0.15, -0.1) is 0 Å². The number of nitrogens with one attached hydrogen (secondary N) is 2. The molecule has 2 N–H and O–H groups in total. The van der Waals surface area contributed by atoms with Gasteiger partial charge in [-0.3, -0.25) is 14.4 Å². The van der Waals surface area contributed by atoms with Gasteiger partial charge in [0.15, 0.2) is 0 Å². The van der Waals surface area contributed by atoms with Crippen molar-refractivity contribution in [2.75, 3.05) is 26.2 Å². The number of carbonyl (C=O) groups excluding carboxylic acids is 3. The third-order valence-electron chi connectivity index (χ3n) is 13.4. The highest BCUT2D eigenvalue weighted by Crippen LogP contribution is 2.60. The molecule has 3 aliphatic heterocycles. The minimum Gasteiger partial charge on any atom is -0.464 e. The van der Waals surface area contributed by atoms with Crippen LogP contribution in [0.4, 0.5) is 0 Å². The molecule has 2 aromatic heterocycles. The summed E-state index contributed by atoms with van der Waals surface area (Å²) in [6.07, 6.45) is 14.0. The van der Waals surface area contributed by atoms with Gasteiger partial charge in [0.2, 0.25) is 17.7 Å². The zero-order valence-corrected chi connectivity index (χ0v) is 27.7. The van der Waals surface area contributed by atoms with Crippen LogP contribution in [0.3, 0.4) is 0 Å². The van der Waals surface area contributed by atoms with Crippen LogP contribution in [0.2, 0.25) is 0 Å². The van der Waals surface area contributed by atoms with Gasteiger partial charge in [-0.05, 0) is 124 Å². The van der Waals surface area contributed by atoms with E-state index in [4.69, 9.17) is 4.42 Å². The fourth-order valence-electron chi connectivity index (χ4n) is 11.6. The van der Waals surface area contributed by atoms with Crippen LogP contribution >= 0.6 is 0 Å². The van der Waals surface area contributed by atoms with Crippen molar-refractivity contribution >= 4 is 28.6 Å². The molecule has 10 rings (SSSR count). The Labute approximate surface area is 277 Å². The number of amides is 3. The van der Waals surface area contributed by atoms with Crippen molar-refractivity contribution in [2.45, 2.75) is 89.5 Å². The molecule has 3 amide bonds. The van der Waals surface area contributed by atoms with E-state index < -0.39 is 17.4 Å². The summed E-state index contributed by atoms with van der Waals surface area (Å²) in [5, 5.41) is 4.47. The number of furan rings is 1. The second kappa shape index (κ2) is 11.0. The van der Waals surface area contributed by atoms with Crippen LogP contribution in [0.1, 0.15) is 88.8 Å². The Morgan fingerprint density at radius 1 is 0.979 bits per heavy atom. The predicted molar refractivity (Wildman–Crippen MR) is 179 cm³/mol. The van der Waals surface area contributed by atoms with E-state index in [-0.39, 0.29) is 29.6 Å². The lowest BCUT2D eigenvalue weighted by atomic mass is 9.49. The average molecular weight is 637 g/mol. The summed E-state index contributed by atoms with van der Waals surface area (Å²) in [6, 6.07) is 10.2. The second-order valence-electron chi connectivity index (χ2n) is 16.4. The topological polar surface area (TPSA) is 98.6 Å². The number of benzene rings is 1. The highest BCUT2D eigenvalue weighted by Gasteiger charge is 2.57. The molecule has 0 spiro atoms. The third-order valence-corrected chi connectivity index (χ3v) is 13.4. The van der Waals surface area contributed by atoms with Gasteiger partial charge in [0.1, 0.15) is 5.76 Å². The van der Waals surface area contributed by atoms with E-state index >= 15 is 0 Å². The Morgan fingerprint density at radius 2 is 1.72 bits per heavy atom. The predicted octanol–water partition coefficient (Wildman–Crippen LogP) is 6.40. The summed E-state index contributed by atoms with van der Waals surface area (Å²) in [5.41, 5.74) is 3.60. The molecule has 1 aromatic carbocycles. The maximum Gasteiger partial charge on any atom is 0.228 e. The van der Waals surface area contributed by atoms with Crippen molar-refractivity contribution < 1.29 is 18.8 Å². The second-order valence-corrected chi connectivity index (χ2v) is 16.4. The molecule has 4 saturated carbocycles. The van der Waals surface area contributed by atoms with E-state index in [1.807, 2.05) is 21.9 Å². The van der Waals surface area contributed by atoms with Gasteiger partial charge in [0.25, 0.3) is 0 Å². The summed E-state index contributed by atoms with van der Waals surface area (Å²) in [5.74, 6) is 2.52. The molecule has 2 saturated heterocycles. The first-order valence-electron chi connectivity index (χ1n) is 18.4. The first-order chi connectivity index (χ1) is 22.8. The molecular weight excluding hydrogens is 588 g/mol. The minimum absolute atomic E-state index is 0.0146. The monoisotopic (exact) mass is 636 g/mol. The lowest BCUT2D eigenvalue weighted by molar-refractivity contribution is -0.164. The van der Waals surface area contributed by atoms with Crippen molar-refractivity contribution in [3.05, 3.63) is 47.9 Å². The van der Waals surface area contributed by atoms with E-state index in [1.165, 1.54) is 44.1 Å². The molecule has 47 heavy (non-hydrogen) atoms. The number of likely N-dealkylation sites (tertiary alicyclic amines) is 1. The summed E-state index contributed by atoms with van der Waals surface area (Å²) in [6.45, 7) is 4.92. The zero-order chi connectivity index (χ0) is 31.9. The number of hydrogen-bond acceptors (Lipinski definition) is 4. The van der Waals surface area contributed by atoms with Crippen LogP contribution in [0.15, 0.2) is 41.0 Å². The first-order valence-corrected chi connectivity index (χ1v) is 18.4. The Bertz CT molecular complexity index is 1680. The molecule has 3 atom stereocenters. The van der Waals surface area contributed by atoms with Gasteiger partial charge in [-0.25, -0.2) is 0 Å². The molecule has 3 aromatic rings. The number of carbonyl (C=O) groups is 3. The molecule has 8 nitrogen and oxygen atoms in total. The lowest BCUT2D eigenvalue weighted by Gasteiger charge is -2.57. The van der Waals surface area contributed by atoms with Crippen LogP contribution in [0.5, 0.6) is 0 Å². The lowest BCUT2D eigenvalue weighted by Crippen LogP contribution is -2.64. The molecule has 6 fully saturated rings. The van der Waals surface area contributed by atoms with Gasteiger partial charge in [-0.1, -0.05) is 12.1 Å². The van der Waals surface area contributed by atoms with E-state index in [1.54, 1.807) is 6.26 Å². The number of rotatable bonds is 6. The Hall–Kier alpha value is -3.55. The summed E-state index contributed by atoms with van der Waals surface area (Å²) in [4.78, 5) is 50.3. The number of aromatic nitrogens is 1. The van der Waals surface area contributed by atoms with Crippen LogP contribution in [-0.2, 0) is 26.3 Å². The van der Waals surface area contributed by atoms with Crippen molar-refractivity contribution in [1.82, 2.24) is 20.1 Å². The van der Waals surface area contributed by atoms with Crippen LogP contribution in [0.25, 0.3) is 22.2 Å². The van der Waals surface area contributed by atoms with Crippen molar-refractivity contribution in [1.29, 1.82) is 0 Å². The fraction of sp³-hybridized carbons (Fsp3) is 0.615. The maximum absolute atomic E-state index is 14.5. The number of fused-ring (bicyclic) bond motifs is 5. The van der Waals surface area contributed by atoms with E-state index in [0.29, 0.717) is 19.4 Å². The zero-order valence-electron chi connectivity index (χ0n) is 27.7. The number of piperidine rings is 2. The SMILES string of the molecule is C[C@]12c3[nH]c4cc(-c5ccco5)ccc4c3CCN1C(=O)[C@@H](CC(=O)NCC13CC4CC(CC(C4)C1)C3)C[C@@H]2C(=O)N1CCCCC1. The smallest absolute Gasteiger partial charge is 0.228 e. The van der Waals surface area contributed by atoms with Crippen LogP contribution < -0.4 is 5.32 Å². The molecule has 8 heteroatoms. The highest BCUT2D eigenvalue weighted by atomic mass is 16.3. The summed E-state index contributed by atoms with van der Waals surface area (Å²) < 4.78 is 5.68. The molecule has 4 aliphatic carbocycles. The Kier molecular flexibility index (Phi) is 6.92. The molecule has 0 radical (unpaired) electrons.